The summed E-state index contributed by atoms with van der Waals surface area (Å²) in [5.74, 6) is 0.166. The van der Waals surface area contributed by atoms with Crippen LogP contribution in [0.15, 0.2) is 0 Å². The van der Waals surface area contributed by atoms with Gasteiger partial charge in [0.25, 0.3) is 0 Å². The van der Waals surface area contributed by atoms with Gasteiger partial charge < -0.3 is 5.11 Å². The van der Waals surface area contributed by atoms with Gasteiger partial charge in [0, 0.05) is 6.42 Å². The monoisotopic (exact) mass is 149 g/mol. The van der Waals surface area contributed by atoms with Crippen LogP contribution in [0.4, 0.5) is 0 Å². The zero-order chi connectivity index (χ0) is 6.91. The maximum Gasteiger partial charge on any atom is 0.150 e. The lowest BCUT2D eigenvalue weighted by atomic mass is 10.2. The summed E-state index contributed by atoms with van der Waals surface area (Å²) in [6, 6.07) is 0. The molecule has 1 aliphatic heterocycles. The van der Waals surface area contributed by atoms with Gasteiger partial charge >= 0.3 is 0 Å². The normalized spacial score (nSPS) is 28.1. The molecule has 0 aliphatic carbocycles. The van der Waals surface area contributed by atoms with Crippen LogP contribution >= 0.6 is 0 Å². The Morgan fingerprint density at radius 3 is 2.56 bits per heavy atom. The molecule has 1 rings (SSSR count). The second-order valence-corrected chi connectivity index (χ2v) is 4.43. The molecule has 1 unspecified atom stereocenters. The van der Waals surface area contributed by atoms with E-state index in [1.165, 1.54) is 6.42 Å². The topological polar surface area (TPSA) is 54.4 Å². The van der Waals surface area contributed by atoms with Crippen molar-refractivity contribution in [3.63, 3.8) is 0 Å². The summed E-state index contributed by atoms with van der Waals surface area (Å²) >= 11 is 0. The summed E-state index contributed by atoms with van der Waals surface area (Å²) in [6.07, 6.45) is 1.29. The Morgan fingerprint density at radius 1 is 1.56 bits per heavy atom. The van der Waals surface area contributed by atoms with Crippen molar-refractivity contribution in [3.8, 4) is 0 Å². The fourth-order valence-corrected chi connectivity index (χ4v) is 2.04. The molecule has 0 aromatic heterocycles. The van der Waals surface area contributed by atoms with E-state index in [0.717, 1.165) is 0 Å². The molecule has 0 aromatic carbocycles. The third-order valence-electron chi connectivity index (χ3n) is 1.35. The molecule has 0 spiro atoms. The van der Waals surface area contributed by atoms with Gasteiger partial charge in [0.15, 0.2) is 9.84 Å². The van der Waals surface area contributed by atoms with Crippen molar-refractivity contribution in [2.45, 2.75) is 12.5 Å². The van der Waals surface area contributed by atoms with Crippen molar-refractivity contribution in [2.75, 3.05) is 11.5 Å². The minimum absolute atomic E-state index is 0.0359. The fraction of sp³-hybridized carbons (Fsp3) is 0.800. The Labute approximate surface area is 54.6 Å². The Bertz CT molecular complexity index is 168. The van der Waals surface area contributed by atoms with Crippen molar-refractivity contribution >= 4 is 9.84 Å². The SMILES string of the molecule is O=S1(=O)C[CH]C(O)CC1. The molecule has 0 saturated carbocycles. The van der Waals surface area contributed by atoms with Gasteiger partial charge in [-0.1, -0.05) is 0 Å². The summed E-state index contributed by atoms with van der Waals surface area (Å²) in [7, 11) is -2.83. The van der Waals surface area contributed by atoms with Gasteiger partial charge in [0.2, 0.25) is 0 Å². The molecule has 0 bridgehead atoms. The summed E-state index contributed by atoms with van der Waals surface area (Å²) < 4.78 is 21.3. The Hall–Kier alpha value is -0.0900. The minimum atomic E-state index is -2.83. The van der Waals surface area contributed by atoms with Crippen LogP contribution < -0.4 is 0 Å². The van der Waals surface area contributed by atoms with E-state index < -0.39 is 15.9 Å². The van der Waals surface area contributed by atoms with Crippen LogP contribution in [-0.4, -0.2) is 31.1 Å². The second-order valence-electron chi connectivity index (χ2n) is 2.21. The number of sulfone groups is 1. The first-order valence-corrected chi connectivity index (χ1v) is 4.64. The molecule has 9 heavy (non-hydrogen) atoms. The van der Waals surface area contributed by atoms with E-state index in [4.69, 9.17) is 5.11 Å². The van der Waals surface area contributed by atoms with Crippen LogP contribution in [0.1, 0.15) is 6.42 Å². The maximum absolute atomic E-state index is 10.7. The molecule has 1 N–H and O–H groups in total. The van der Waals surface area contributed by atoms with Crippen LogP contribution in [-0.2, 0) is 9.84 Å². The van der Waals surface area contributed by atoms with Crippen LogP contribution in [0.25, 0.3) is 0 Å². The first-order chi connectivity index (χ1) is 4.10. The van der Waals surface area contributed by atoms with Gasteiger partial charge in [-0.25, -0.2) is 8.42 Å². The minimum Gasteiger partial charge on any atom is -0.393 e. The lowest BCUT2D eigenvalue weighted by molar-refractivity contribution is 0.201. The molecule has 53 valence electrons. The average molecular weight is 149 g/mol. The third-order valence-corrected chi connectivity index (χ3v) is 2.90. The molecular formula is C5H9O3S. The van der Waals surface area contributed by atoms with E-state index in [2.05, 4.69) is 0 Å². The fourth-order valence-electron chi connectivity index (χ4n) is 0.759. The van der Waals surface area contributed by atoms with Gasteiger partial charge in [-0.15, -0.1) is 0 Å². The number of aliphatic hydroxyl groups excluding tert-OH is 1. The molecule has 1 atom stereocenters. The van der Waals surface area contributed by atoms with Crippen molar-refractivity contribution in [1.82, 2.24) is 0 Å². The highest BCUT2D eigenvalue weighted by atomic mass is 32.2. The van der Waals surface area contributed by atoms with Crippen LogP contribution in [0.5, 0.6) is 0 Å². The van der Waals surface area contributed by atoms with Crippen LogP contribution in [0, 0.1) is 6.42 Å². The van der Waals surface area contributed by atoms with E-state index in [-0.39, 0.29) is 11.5 Å². The van der Waals surface area contributed by atoms with Crippen molar-refractivity contribution in [2.24, 2.45) is 0 Å². The summed E-state index contributed by atoms with van der Waals surface area (Å²) in [5, 5.41) is 8.82. The number of rotatable bonds is 0. The largest absolute Gasteiger partial charge is 0.393 e. The highest BCUT2D eigenvalue weighted by Crippen LogP contribution is 2.09. The highest BCUT2D eigenvalue weighted by Gasteiger charge is 2.21. The predicted octanol–water partition coefficient (Wildman–Crippen LogP) is -0.630. The average Bonchev–Trinajstić information content (AvgIpc) is 1.78. The van der Waals surface area contributed by atoms with Gasteiger partial charge in [-0.2, -0.15) is 0 Å². The van der Waals surface area contributed by atoms with Crippen molar-refractivity contribution in [3.05, 3.63) is 6.42 Å². The van der Waals surface area contributed by atoms with Gasteiger partial charge in [-0.05, 0) is 6.42 Å². The Kier molecular flexibility index (Phi) is 1.77. The van der Waals surface area contributed by atoms with E-state index in [0.29, 0.717) is 6.42 Å². The molecule has 1 radical (unpaired) electrons. The molecule has 4 heteroatoms. The van der Waals surface area contributed by atoms with Gasteiger partial charge in [0.05, 0.1) is 17.6 Å². The van der Waals surface area contributed by atoms with Crippen LogP contribution in [0.3, 0.4) is 0 Å². The highest BCUT2D eigenvalue weighted by molar-refractivity contribution is 7.91. The molecule has 1 heterocycles. The molecule has 0 amide bonds. The first kappa shape index (κ1) is 7.02. The zero-order valence-electron chi connectivity index (χ0n) is 4.95. The predicted molar refractivity (Wildman–Crippen MR) is 33.6 cm³/mol. The van der Waals surface area contributed by atoms with Gasteiger partial charge in [0.1, 0.15) is 0 Å². The van der Waals surface area contributed by atoms with Crippen molar-refractivity contribution < 1.29 is 13.5 Å². The molecule has 1 saturated heterocycles. The number of hydrogen-bond donors (Lipinski definition) is 1. The maximum atomic E-state index is 10.7. The van der Waals surface area contributed by atoms with Gasteiger partial charge in [-0.3, -0.25) is 0 Å². The number of hydrogen-bond acceptors (Lipinski definition) is 3. The summed E-state index contributed by atoms with van der Waals surface area (Å²) in [4.78, 5) is 0. The molecule has 3 nitrogen and oxygen atoms in total. The molecular weight excluding hydrogens is 140 g/mol. The van der Waals surface area contributed by atoms with Crippen molar-refractivity contribution in [1.29, 1.82) is 0 Å². The van der Waals surface area contributed by atoms with Crippen LogP contribution in [0.2, 0.25) is 0 Å². The first-order valence-electron chi connectivity index (χ1n) is 2.82. The molecule has 1 fully saturated rings. The van der Waals surface area contributed by atoms with E-state index >= 15 is 0 Å². The lowest BCUT2D eigenvalue weighted by Crippen LogP contribution is -2.26. The quantitative estimate of drug-likeness (QED) is 0.499. The smallest absolute Gasteiger partial charge is 0.150 e. The molecule has 1 aliphatic rings. The summed E-state index contributed by atoms with van der Waals surface area (Å²) in [6.45, 7) is 0. The summed E-state index contributed by atoms with van der Waals surface area (Å²) in [5.41, 5.74) is 0. The second kappa shape index (κ2) is 2.27. The lowest BCUT2D eigenvalue weighted by Gasteiger charge is -2.15. The van der Waals surface area contributed by atoms with E-state index in [9.17, 15) is 8.42 Å². The third kappa shape index (κ3) is 1.95. The zero-order valence-corrected chi connectivity index (χ0v) is 5.76. The van der Waals surface area contributed by atoms with E-state index in [1.54, 1.807) is 0 Å². The Balaban J connectivity index is 2.55. The Morgan fingerprint density at radius 2 is 2.22 bits per heavy atom. The van der Waals surface area contributed by atoms with E-state index in [1.807, 2.05) is 0 Å². The number of aliphatic hydroxyl groups is 1. The standard InChI is InChI=1S/C5H9O3S/c6-5-1-3-9(7,8)4-2-5/h1,5-6H,2-4H2. The molecule has 0 aromatic rings.